The van der Waals surface area contributed by atoms with Crippen molar-refractivity contribution in [3.63, 3.8) is 0 Å². The lowest BCUT2D eigenvalue weighted by molar-refractivity contribution is -0.131. The third kappa shape index (κ3) is 9.74. The van der Waals surface area contributed by atoms with Crippen LogP contribution in [-0.2, 0) is 9.59 Å². The third-order valence-corrected chi connectivity index (χ3v) is 3.13. The number of carbonyl (C=O) groups excluding carboxylic acids is 1. The molecule has 0 saturated heterocycles. The standard InChI is InChI=1S/C12H12O3.C10H10O3/c1-2-8-15-11-5-3-4-10(9-11)6-7-12(13)14;11-7-10(13)5-4-8-2-1-3-9(12)6-8/h2-7,9H,1,8H2,(H,13,14);1-6,11-12H,7H2/b7-6+;5-4+. The molecule has 0 heterocycles. The Hall–Kier alpha value is -3.64. The maximum Gasteiger partial charge on any atom is 0.328 e. The third-order valence-electron chi connectivity index (χ3n) is 3.13. The first-order chi connectivity index (χ1) is 13.4. The molecule has 6 nitrogen and oxygen atoms in total. The van der Waals surface area contributed by atoms with Crippen molar-refractivity contribution in [2.75, 3.05) is 13.2 Å². The molecule has 0 unspecified atom stereocenters. The minimum absolute atomic E-state index is 0.151. The van der Waals surface area contributed by atoms with Crippen molar-refractivity contribution in [1.82, 2.24) is 0 Å². The molecule has 6 heteroatoms. The summed E-state index contributed by atoms with van der Waals surface area (Å²) in [5.41, 5.74) is 1.51. The monoisotopic (exact) mass is 382 g/mol. The van der Waals surface area contributed by atoms with E-state index in [2.05, 4.69) is 6.58 Å². The maximum absolute atomic E-state index is 10.7. The number of benzene rings is 2. The number of carboxylic acids is 1. The van der Waals surface area contributed by atoms with Gasteiger partial charge >= 0.3 is 5.97 Å². The van der Waals surface area contributed by atoms with E-state index in [0.717, 1.165) is 17.2 Å². The molecule has 0 fully saturated rings. The Labute approximate surface area is 163 Å². The second kappa shape index (κ2) is 12.7. The van der Waals surface area contributed by atoms with Gasteiger partial charge in [0.1, 0.15) is 24.7 Å². The fourth-order valence-corrected chi connectivity index (χ4v) is 1.90. The largest absolute Gasteiger partial charge is 0.508 e. The number of aromatic hydroxyl groups is 1. The molecule has 0 aliphatic carbocycles. The number of phenolic OH excluding ortho intramolecular Hbond substituents is 1. The van der Waals surface area contributed by atoms with Crippen LogP contribution in [0.1, 0.15) is 11.1 Å². The number of hydrogen-bond donors (Lipinski definition) is 3. The van der Waals surface area contributed by atoms with Gasteiger partial charge in [-0.15, -0.1) is 0 Å². The number of phenols is 1. The van der Waals surface area contributed by atoms with Crippen LogP contribution in [0.5, 0.6) is 11.5 Å². The number of hydrogen-bond acceptors (Lipinski definition) is 5. The highest BCUT2D eigenvalue weighted by Crippen LogP contribution is 2.14. The lowest BCUT2D eigenvalue weighted by Gasteiger charge is -2.03. The van der Waals surface area contributed by atoms with Gasteiger partial charge in [0.25, 0.3) is 0 Å². The van der Waals surface area contributed by atoms with Crippen molar-refractivity contribution >= 4 is 23.9 Å². The van der Waals surface area contributed by atoms with Crippen LogP contribution < -0.4 is 4.74 Å². The summed E-state index contributed by atoms with van der Waals surface area (Å²) in [7, 11) is 0. The van der Waals surface area contributed by atoms with Gasteiger partial charge in [-0.25, -0.2) is 4.79 Å². The van der Waals surface area contributed by atoms with Gasteiger partial charge in [-0.1, -0.05) is 43.0 Å². The molecule has 0 saturated carbocycles. The van der Waals surface area contributed by atoms with E-state index in [1.54, 1.807) is 42.5 Å². The molecular formula is C22H22O6. The molecule has 28 heavy (non-hydrogen) atoms. The number of aliphatic hydroxyl groups excluding tert-OH is 1. The molecular weight excluding hydrogens is 360 g/mol. The molecule has 2 rings (SSSR count). The minimum Gasteiger partial charge on any atom is -0.508 e. The van der Waals surface area contributed by atoms with Crippen molar-refractivity contribution in [3.05, 3.63) is 84.5 Å². The number of ether oxygens (including phenoxy) is 1. The van der Waals surface area contributed by atoms with Crippen LogP contribution in [0.4, 0.5) is 0 Å². The summed E-state index contributed by atoms with van der Waals surface area (Å²) in [6.07, 6.45) is 7.07. The van der Waals surface area contributed by atoms with Gasteiger partial charge in [-0.2, -0.15) is 0 Å². The Morgan fingerprint density at radius 3 is 2.25 bits per heavy atom. The molecule has 0 aliphatic heterocycles. The predicted molar refractivity (Wildman–Crippen MR) is 108 cm³/mol. The van der Waals surface area contributed by atoms with E-state index in [9.17, 15) is 9.59 Å². The predicted octanol–water partition coefficient (Wildman–Crippen LogP) is 3.32. The van der Waals surface area contributed by atoms with Crippen molar-refractivity contribution in [1.29, 1.82) is 0 Å². The van der Waals surface area contributed by atoms with Crippen LogP contribution in [-0.4, -0.2) is 40.3 Å². The molecule has 2 aromatic carbocycles. The average Bonchev–Trinajstić information content (AvgIpc) is 2.70. The van der Waals surface area contributed by atoms with Crippen molar-refractivity contribution in [2.24, 2.45) is 0 Å². The van der Waals surface area contributed by atoms with Crippen LogP contribution in [0, 0.1) is 0 Å². The Balaban J connectivity index is 0.000000283. The SMILES string of the molecule is C=CCOc1cccc(/C=C/C(=O)O)c1.O=C(/C=C/c1cccc(O)c1)CO. The van der Waals surface area contributed by atoms with Gasteiger partial charge in [0.05, 0.1) is 0 Å². The van der Waals surface area contributed by atoms with Crippen LogP contribution in [0.25, 0.3) is 12.2 Å². The number of ketones is 1. The fourth-order valence-electron chi connectivity index (χ4n) is 1.90. The molecule has 3 N–H and O–H groups in total. The number of carbonyl (C=O) groups is 2. The summed E-state index contributed by atoms with van der Waals surface area (Å²) < 4.78 is 5.30. The Morgan fingerprint density at radius 1 is 1.00 bits per heavy atom. The highest BCUT2D eigenvalue weighted by atomic mass is 16.5. The minimum atomic E-state index is -0.965. The smallest absolute Gasteiger partial charge is 0.328 e. The van der Waals surface area contributed by atoms with E-state index in [1.165, 1.54) is 24.3 Å². The van der Waals surface area contributed by atoms with E-state index >= 15 is 0 Å². The van der Waals surface area contributed by atoms with Gasteiger partial charge < -0.3 is 20.1 Å². The van der Waals surface area contributed by atoms with E-state index < -0.39 is 12.6 Å². The zero-order valence-corrected chi connectivity index (χ0v) is 15.2. The Morgan fingerprint density at radius 2 is 1.64 bits per heavy atom. The van der Waals surface area contributed by atoms with Crippen molar-refractivity contribution in [2.45, 2.75) is 0 Å². The van der Waals surface area contributed by atoms with Gasteiger partial charge in [0.15, 0.2) is 5.78 Å². The van der Waals surface area contributed by atoms with Crippen molar-refractivity contribution < 1.29 is 29.6 Å². The highest BCUT2D eigenvalue weighted by molar-refractivity contribution is 5.94. The van der Waals surface area contributed by atoms with E-state index in [0.29, 0.717) is 12.4 Å². The average molecular weight is 382 g/mol. The summed E-state index contributed by atoms with van der Waals surface area (Å²) in [6, 6.07) is 13.7. The summed E-state index contributed by atoms with van der Waals surface area (Å²) in [5.74, 6) is -0.475. The normalized spacial score (nSPS) is 10.3. The lowest BCUT2D eigenvalue weighted by Crippen LogP contribution is -1.97. The molecule has 0 aromatic heterocycles. The number of aliphatic hydroxyl groups is 1. The molecule has 0 aliphatic rings. The fraction of sp³-hybridized carbons (Fsp3) is 0.0909. The molecule has 0 spiro atoms. The van der Waals surface area contributed by atoms with Gasteiger partial charge in [-0.05, 0) is 47.5 Å². The molecule has 0 bridgehead atoms. The van der Waals surface area contributed by atoms with Gasteiger partial charge in [-0.3, -0.25) is 4.79 Å². The van der Waals surface area contributed by atoms with Gasteiger partial charge in [0.2, 0.25) is 0 Å². The zero-order valence-electron chi connectivity index (χ0n) is 15.2. The first kappa shape index (κ1) is 22.4. The molecule has 0 amide bonds. The lowest BCUT2D eigenvalue weighted by atomic mass is 10.2. The summed E-state index contributed by atoms with van der Waals surface area (Å²) >= 11 is 0. The molecule has 2 aromatic rings. The Kier molecular flexibility index (Phi) is 10.1. The highest BCUT2D eigenvalue weighted by Gasteiger charge is 1.94. The topological polar surface area (TPSA) is 104 Å². The van der Waals surface area contributed by atoms with Gasteiger partial charge in [0, 0.05) is 6.08 Å². The Bertz CT molecular complexity index is 852. The second-order valence-electron chi connectivity index (χ2n) is 5.40. The van der Waals surface area contributed by atoms with E-state index in [4.69, 9.17) is 20.1 Å². The zero-order chi connectivity index (χ0) is 20.8. The first-order valence-corrected chi connectivity index (χ1v) is 8.30. The summed E-state index contributed by atoms with van der Waals surface area (Å²) in [6.45, 7) is 3.49. The molecule has 0 radical (unpaired) electrons. The molecule has 146 valence electrons. The van der Waals surface area contributed by atoms with E-state index in [-0.39, 0.29) is 11.5 Å². The van der Waals surface area contributed by atoms with Crippen LogP contribution in [0.3, 0.4) is 0 Å². The number of rotatable bonds is 8. The number of aliphatic carboxylic acids is 1. The molecule has 0 atom stereocenters. The quantitative estimate of drug-likeness (QED) is 0.478. The van der Waals surface area contributed by atoms with Crippen LogP contribution in [0.15, 0.2) is 73.3 Å². The second-order valence-corrected chi connectivity index (χ2v) is 5.40. The van der Waals surface area contributed by atoms with E-state index in [1.807, 2.05) is 6.07 Å². The van der Waals surface area contributed by atoms with Crippen molar-refractivity contribution in [3.8, 4) is 11.5 Å². The maximum atomic E-state index is 10.7. The number of carboxylic acid groups (broad SMARTS) is 1. The van der Waals surface area contributed by atoms with Crippen LogP contribution in [0.2, 0.25) is 0 Å². The van der Waals surface area contributed by atoms with Crippen LogP contribution >= 0.6 is 0 Å². The summed E-state index contributed by atoms with van der Waals surface area (Å²) in [4.78, 5) is 21.0. The first-order valence-electron chi connectivity index (χ1n) is 8.30. The summed E-state index contributed by atoms with van der Waals surface area (Å²) in [5, 5.41) is 25.9.